The first-order valence-electron chi connectivity index (χ1n) is 6.85. The standard InChI is InChI=1S/C14H24N2O2/c1-3-6-15-9-12-4-8-18-14(12)10-16(2)13-5-7-17-11-13/h4,8,13,15H,3,5-7,9-11H2,1-2H3. The third-order valence-corrected chi connectivity index (χ3v) is 3.50. The molecular formula is C14H24N2O2. The third kappa shape index (κ3) is 3.57. The van der Waals surface area contributed by atoms with Crippen LogP contribution in [0.5, 0.6) is 0 Å². The van der Waals surface area contributed by atoms with Crippen LogP contribution in [-0.4, -0.2) is 37.7 Å². The lowest BCUT2D eigenvalue weighted by Crippen LogP contribution is -2.31. The van der Waals surface area contributed by atoms with Crippen LogP contribution >= 0.6 is 0 Å². The van der Waals surface area contributed by atoms with Gasteiger partial charge in [-0.25, -0.2) is 0 Å². The van der Waals surface area contributed by atoms with E-state index in [0.29, 0.717) is 6.04 Å². The number of nitrogens with zero attached hydrogens (tertiary/aromatic N) is 1. The van der Waals surface area contributed by atoms with Crippen molar-refractivity contribution in [2.24, 2.45) is 0 Å². The van der Waals surface area contributed by atoms with Crippen molar-refractivity contribution in [2.45, 2.75) is 38.9 Å². The minimum Gasteiger partial charge on any atom is -0.468 e. The second kappa shape index (κ2) is 6.92. The predicted molar refractivity (Wildman–Crippen MR) is 71.4 cm³/mol. The van der Waals surface area contributed by atoms with E-state index in [2.05, 4.69) is 30.3 Å². The molecule has 1 saturated heterocycles. The van der Waals surface area contributed by atoms with Crippen molar-refractivity contribution in [3.63, 3.8) is 0 Å². The van der Waals surface area contributed by atoms with Crippen molar-refractivity contribution >= 4 is 0 Å². The quantitative estimate of drug-likeness (QED) is 0.753. The SMILES string of the molecule is CCCNCc1ccoc1CN(C)C1CCOC1. The van der Waals surface area contributed by atoms with E-state index < -0.39 is 0 Å². The molecule has 0 bridgehead atoms. The Morgan fingerprint density at radius 1 is 1.50 bits per heavy atom. The maximum Gasteiger partial charge on any atom is 0.122 e. The third-order valence-electron chi connectivity index (χ3n) is 3.50. The molecule has 1 unspecified atom stereocenters. The van der Waals surface area contributed by atoms with Crippen molar-refractivity contribution in [2.75, 3.05) is 26.8 Å². The van der Waals surface area contributed by atoms with E-state index in [4.69, 9.17) is 9.15 Å². The molecule has 0 amide bonds. The molecule has 1 aliphatic heterocycles. The van der Waals surface area contributed by atoms with Gasteiger partial charge < -0.3 is 14.5 Å². The average Bonchev–Trinajstić information content (AvgIpc) is 3.01. The molecule has 1 atom stereocenters. The lowest BCUT2D eigenvalue weighted by atomic mass is 10.2. The summed E-state index contributed by atoms with van der Waals surface area (Å²) in [4.78, 5) is 2.33. The van der Waals surface area contributed by atoms with Crippen LogP contribution in [0.25, 0.3) is 0 Å². The highest BCUT2D eigenvalue weighted by atomic mass is 16.5. The van der Waals surface area contributed by atoms with Gasteiger partial charge in [-0.2, -0.15) is 0 Å². The van der Waals surface area contributed by atoms with Gasteiger partial charge in [-0.15, -0.1) is 0 Å². The Balaban J connectivity index is 1.86. The van der Waals surface area contributed by atoms with Crippen LogP contribution in [0.4, 0.5) is 0 Å². The van der Waals surface area contributed by atoms with Gasteiger partial charge in [0.1, 0.15) is 5.76 Å². The number of hydrogen-bond donors (Lipinski definition) is 1. The first-order chi connectivity index (χ1) is 8.81. The molecule has 2 rings (SSSR count). The molecule has 2 heterocycles. The highest BCUT2D eigenvalue weighted by Crippen LogP contribution is 2.17. The van der Waals surface area contributed by atoms with Crippen molar-refractivity contribution in [3.05, 3.63) is 23.7 Å². The number of rotatable bonds is 7. The second-order valence-corrected chi connectivity index (χ2v) is 4.98. The first kappa shape index (κ1) is 13.6. The van der Waals surface area contributed by atoms with Crippen molar-refractivity contribution < 1.29 is 9.15 Å². The lowest BCUT2D eigenvalue weighted by Gasteiger charge is -2.22. The summed E-state index contributed by atoms with van der Waals surface area (Å²) in [5, 5.41) is 3.42. The summed E-state index contributed by atoms with van der Waals surface area (Å²) < 4.78 is 11.0. The monoisotopic (exact) mass is 252 g/mol. The smallest absolute Gasteiger partial charge is 0.122 e. The molecule has 1 aromatic rings. The summed E-state index contributed by atoms with van der Waals surface area (Å²) in [6.45, 7) is 6.73. The van der Waals surface area contributed by atoms with E-state index in [1.807, 2.05) is 0 Å². The molecule has 18 heavy (non-hydrogen) atoms. The van der Waals surface area contributed by atoms with E-state index >= 15 is 0 Å². The molecule has 4 heteroatoms. The normalized spacial score (nSPS) is 19.8. The zero-order chi connectivity index (χ0) is 12.8. The maximum atomic E-state index is 5.60. The van der Waals surface area contributed by atoms with Gasteiger partial charge in [0.2, 0.25) is 0 Å². The van der Waals surface area contributed by atoms with Crippen molar-refractivity contribution in [3.8, 4) is 0 Å². The Bertz CT molecular complexity index is 345. The topological polar surface area (TPSA) is 37.6 Å². The Kier molecular flexibility index (Phi) is 5.23. The number of likely N-dealkylation sites (N-methyl/N-ethyl adjacent to an activating group) is 1. The van der Waals surface area contributed by atoms with Crippen LogP contribution in [0, 0.1) is 0 Å². The molecule has 1 fully saturated rings. The highest BCUT2D eigenvalue weighted by Gasteiger charge is 2.21. The number of hydrogen-bond acceptors (Lipinski definition) is 4. The fourth-order valence-electron chi connectivity index (χ4n) is 2.29. The zero-order valence-corrected chi connectivity index (χ0v) is 11.4. The minimum atomic E-state index is 0.534. The van der Waals surface area contributed by atoms with E-state index in [-0.39, 0.29) is 0 Å². The van der Waals surface area contributed by atoms with Gasteiger partial charge in [0.05, 0.1) is 19.4 Å². The lowest BCUT2D eigenvalue weighted by molar-refractivity contribution is 0.151. The summed E-state index contributed by atoms with van der Waals surface area (Å²) in [6, 6.07) is 2.60. The van der Waals surface area contributed by atoms with Crippen molar-refractivity contribution in [1.82, 2.24) is 10.2 Å². The molecule has 1 N–H and O–H groups in total. The zero-order valence-electron chi connectivity index (χ0n) is 11.4. The van der Waals surface area contributed by atoms with Gasteiger partial charge in [-0.05, 0) is 32.5 Å². The van der Waals surface area contributed by atoms with Gasteiger partial charge in [0.25, 0.3) is 0 Å². The molecule has 4 nitrogen and oxygen atoms in total. The van der Waals surface area contributed by atoms with E-state index in [0.717, 1.165) is 51.4 Å². The molecular weight excluding hydrogens is 228 g/mol. The Hall–Kier alpha value is -0.840. The molecule has 0 saturated carbocycles. The molecule has 1 aromatic heterocycles. The second-order valence-electron chi connectivity index (χ2n) is 4.98. The summed E-state index contributed by atoms with van der Waals surface area (Å²) in [7, 11) is 2.14. The largest absolute Gasteiger partial charge is 0.468 e. The Morgan fingerprint density at radius 3 is 3.11 bits per heavy atom. The number of furan rings is 1. The fraction of sp³-hybridized carbons (Fsp3) is 0.714. The molecule has 0 aliphatic carbocycles. The maximum absolute atomic E-state index is 5.60. The summed E-state index contributed by atoms with van der Waals surface area (Å²) >= 11 is 0. The van der Waals surface area contributed by atoms with Gasteiger partial charge in [0.15, 0.2) is 0 Å². The highest BCUT2D eigenvalue weighted by molar-refractivity contribution is 5.16. The van der Waals surface area contributed by atoms with Gasteiger partial charge in [-0.1, -0.05) is 6.92 Å². The number of ether oxygens (including phenoxy) is 1. The summed E-state index contributed by atoms with van der Waals surface area (Å²) in [5.74, 6) is 1.08. The van der Waals surface area contributed by atoms with Crippen LogP contribution < -0.4 is 5.32 Å². The Labute approximate surface area is 109 Å². The fourth-order valence-corrected chi connectivity index (χ4v) is 2.29. The molecule has 102 valence electrons. The molecule has 1 aliphatic rings. The van der Waals surface area contributed by atoms with Gasteiger partial charge in [-0.3, -0.25) is 4.90 Å². The van der Waals surface area contributed by atoms with Crippen LogP contribution in [0.2, 0.25) is 0 Å². The average molecular weight is 252 g/mol. The minimum absolute atomic E-state index is 0.534. The Morgan fingerprint density at radius 2 is 2.39 bits per heavy atom. The van der Waals surface area contributed by atoms with Gasteiger partial charge in [0, 0.05) is 24.8 Å². The number of nitrogens with one attached hydrogen (secondary N) is 1. The van der Waals surface area contributed by atoms with Crippen LogP contribution in [0.3, 0.4) is 0 Å². The summed E-state index contributed by atoms with van der Waals surface area (Å²) in [5.41, 5.74) is 1.27. The van der Waals surface area contributed by atoms with Gasteiger partial charge >= 0.3 is 0 Å². The van der Waals surface area contributed by atoms with Crippen molar-refractivity contribution in [1.29, 1.82) is 0 Å². The first-order valence-corrected chi connectivity index (χ1v) is 6.85. The predicted octanol–water partition coefficient (Wildman–Crippen LogP) is 2.00. The molecule has 0 spiro atoms. The van der Waals surface area contributed by atoms with E-state index in [1.165, 1.54) is 5.56 Å². The summed E-state index contributed by atoms with van der Waals surface area (Å²) in [6.07, 6.45) is 4.07. The van der Waals surface area contributed by atoms with Crippen LogP contribution in [0.1, 0.15) is 31.1 Å². The molecule has 0 aromatic carbocycles. The van der Waals surface area contributed by atoms with E-state index in [9.17, 15) is 0 Å². The van der Waals surface area contributed by atoms with Crippen LogP contribution in [-0.2, 0) is 17.8 Å². The van der Waals surface area contributed by atoms with E-state index in [1.54, 1.807) is 6.26 Å². The molecule has 0 radical (unpaired) electrons. The van der Waals surface area contributed by atoms with Crippen LogP contribution in [0.15, 0.2) is 16.7 Å².